The number of hydrogen-bond donors (Lipinski definition) is 0. The monoisotopic (exact) mass is 669 g/mol. The average Bonchev–Trinajstić information content (AvgIpc) is 3.78. The maximum Gasteiger partial charge on any atom is 0.164 e. The number of aromatic nitrogens is 3. The molecule has 0 radical (unpaired) electrons. The van der Waals surface area contributed by atoms with Gasteiger partial charge in [-0.05, 0) is 58.7 Å². The summed E-state index contributed by atoms with van der Waals surface area (Å²) in [6.07, 6.45) is 24.8. The molecule has 3 heterocycles. The van der Waals surface area contributed by atoms with Crippen LogP contribution in [0.25, 0.3) is 82.7 Å². The van der Waals surface area contributed by atoms with Crippen LogP contribution in [0.2, 0.25) is 0 Å². The predicted molar refractivity (Wildman–Crippen MR) is 211 cm³/mol. The minimum Gasteiger partial charge on any atom is -0.456 e. The van der Waals surface area contributed by atoms with E-state index in [0.717, 1.165) is 78.4 Å². The number of fused-ring (bicyclic) bond motifs is 9. The quantitative estimate of drug-likeness (QED) is 0.187. The molecule has 0 amide bonds. The third kappa shape index (κ3) is 4.59. The van der Waals surface area contributed by atoms with Crippen LogP contribution < -0.4 is 0 Å². The van der Waals surface area contributed by atoms with E-state index in [4.69, 9.17) is 23.8 Å². The van der Waals surface area contributed by atoms with Crippen molar-refractivity contribution in [3.63, 3.8) is 0 Å². The molecule has 3 aromatic heterocycles. The van der Waals surface area contributed by atoms with E-state index in [9.17, 15) is 0 Å². The van der Waals surface area contributed by atoms with Gasteiger partial charge in [0.2, 0.25) is 0 Å². The van der Waals surface area contributed by atoms with Gasteiger partial charge in [0.25, 0.3) is 0 Å². The highest BCUT2D eigenvalue weighted by Crippen LogP contribution is 2.43. The molecule has 3 aliphatic rings. The van der Waals surface area contributed by atoms with Gasteiger partial charge in [0.05, 0.1) is 0 Å². The van der Waals surface area contributed by atoms with Crippen molar-refractivity contribution in [2.45, 2.75) is 12.3 Å². The van der Waals surface area contributed by atoms with E-state index in [-0.39, 0.29) is 11.8 Å². The minimum atomic E-state index is 0.0747. The fraction of sp³-hybridized carbons (Fsp3) is 0.0851. The van der Waals surface area contributed by atoms with Crippen molar-refractivity contribution in [1.29, 1.82) is 0 Å². The first-order valence-corrected chi connectivity index (χ1v) is 17.9. The van der Waals surface area contributed by atoms with E-state index in [1.807, 2.05) is 24.3 Å². The summed E-state index contributed by atoms with van der Waals surface area (Å²) in [4.78, 5) is 15.4. The van der Waals surface area contributed by atoms with Crippen molar-refractivity contribution in [2.24, 2.45) is 11.8 Å². The number of rotatable bonds is 4. The van der Waals surface area contributed by atoms with Crippen LogP contribution in [0, 0.1) is 11.8 Å². The third-order valence-electron chi connectivity index (χ3n) is 10.7. The van der Waals surface area contributed by atoms with Crippen molar-refractivity contribution in [3.8, 4) is 22.5 Å². The Morgan fingerprint density at radius 2 is 1.29 bits per heavy atom. The van der Waals surface area contributed by atoms with Crippen molar-refractivity contribution in [3.05, 3.63) is 169 Å². The number of benzene rings is 5. The van der Waals surface area contributed by atoms with Crippen molar-refractivity contribution in [1.82, 2.24) is 15.0 Å². The van der Waals surface area contributed by atoms with Crippen LogP contribution in [-0.2, 0) is 0 Å². The Kier molecular flexibility index (Phi) is 6.44. The van der Waals surface area contributed by atoms with Crippen LogP contribution in [0.3, 0.4) is 0 Å². The van der Waals surface area contributed by atoms with Crippen molar-refractivity contribution in [2.75, 3.05) is 0 Å². The Bertz CT molecular complexity index is 2970. The van der Waals surface area contributed by atoms with Crippen LogP contribution in [0.15, 0.2) is 167 Å². The van der Waals surface area contributed by atoms with Gasteiger partial charge >= 0.3 is 0 Å². The summed E-state index contributed by atoms with van der Waals surface area (Å²) in [6, 6.07) is 31.7. The zero-order valence-electron chi connectivity index (χ0n) is 28.1. The standard InChI is InChI=1S/C47H31N3O2/c1-2-12-29(13-3-1)45-48-46(32-22-21-28-11-4-5-14-30(28)25-32)50-47(49-45)37-18-10-20-40-44(37)36-24-23-31(26-41(36)52-40)38-27-42-43(34-16-7-6-15-33(34)38)35-17-8-9-19-39(35)51-42/h1-12,14-30H,13H2. The van der Waals surface area contributed by atoms with Gasteiger partial charge in [-0.3, -0.25) is 0 Å². The molecule has 5 heteroatoms. The number of furan rings is 2. The first kappa shape index (κ1) is 29.2. The number of allylic oxidation sites excluding steroid dienone is 12. The molecule has 5 aromatic carbocycles. The van der Waals surface area contributed by atoms with Crippen LogP contribution in [0.5, 0.6) is 0 Å². The van der Waals surface area contributed by atoms with Gasteiger partial charge < -0.3 is 8.83 Å². The normalized spacial score (nSPS) is 19.4. The Labute approximate surface area is 299 Å². The second-order valence-electron chi connectivity index (χ2n) is 13.8. The predicted octanol–water partition coefficient (Wildman–Crippen LogP) is 12.1. The largest absolute Gasteiger partial charge is 0.456 e. The third-order valence-corrected chi connectivity index (χ3v) is 10.7. The van der Waals surface area contributed by atoms with Crippen molar-refractivity contribution >= 4 is 60.2 Å². The molecule has 3 aliphatic carbocycles. The molecule has 0 saturated carbocycles. The molecule has 3 atom stereocenters. The summed E-state index contributed by atoms with van der Waals surface area (Å²) < 4.78 is 13.0. The smallest absolute Gasteiger partial charge is 0.164 e. The van der Waals surface area contributed by atoms with Crippen LogP contribution >= 0.6 is 0 Å². The molecule has 0 N–H and O–H groups in total. The van der Waals surface area contributed by atoms with E-state index in [1.54, 1.807) is 0 Å². The molecule has 0 spiro atoms. The van der Waals surface area contributed by atoms with E-state index in [2.05, 4.69) is 134 Å². The molecule has 8 aromatic rings. The summed E-state index contributed by atoms with van der Waals surface area (Å²) in [5, 5.41) is 6.64. The molecule has 0 saturated heterocycles. The lowest BCUT2D eigenvalue weighted by atomic mass is 9.83. The number of para-hydroxylation sites is 1. The van der Waals surface area contributed by atoms with Gasteiger partial charge in [-0.2, -0.15) is 0 Å². The molecular weight excluding hydrogens is 639 g/mol. The first-order valence-electron chi connectivity index (χ1n) is 17.9. The Hall–Kier alpha value is -6.59. The van der Waals surface area contributed by atoms with Gasteiger partial charge in [-0.1, -0.05) is 127 Å². The lowest BCUT2D eigenvalue weighted by molar-refractivity contribution is 0.661. The Balaban J connectivity index is 1.07. The molecule has 0 bridgehead atoms. The second-order valence-corrected chi connectivity index (χ2v) is 13.8. The maximum atomic E-state index is 6.63. The zero-order valence-corrected chi connectivity index (χ0v) is 28.1. The van der Waals surface area contributed by atoms with Gasteiger partial charge in [-0.25, -0.2) is 15.0 Å². The lowest BCUT2D eigenvalue weighted by Crippen LogP contribution is -2.14. The molecular formula is C47H31N3O2. The Morgan fingerprint density at radius 3 is 2.19 bits per heavy atom. The minimum absolute atomic E-state index is 0.0747. The molecule has 0 aliphatic heterocycles. The molecule has 5 nitrogen and oxygen atoms in total. The van der Waals surface area contributed by atoms with Crippen molar-refractivity contribution < 1.29 is 8.83 Å². The topological polar surface area (TPSA) is 65.0 Å². The molecule has 0 fully saturated rings. The summed E-state index contributed by atoms with van der Waals surface area (Å²) >= 11 is 0. The highest BCUT2D eigenvalue weighted by Gasteiger charge is 2.24. The van der Waals surface area contributed by atoms with Crippen LogP contribution in [0.4, 0.5) is 0 Å². The fourth-order valence-electron chi connectivity index (χ4n) is 8.21. The van der Waals surface area contributed by atoms with Gasteiger partial charge in [0.1, 0.15) is 28.2 Å². The summed E-state index contributed by atoms with van der Waals surface area (Å²) in [5.41, 5.74) is 7.49. The molecule has 246 valence electrons. The lowest BCUT2D eigenvalue weighted by Gasteiger charge is -2.23. The Morgan fingerprint density at radius 1 is 0.519 bits per heavy atom. The second kappa shape index (κ2) is 11.5. The fourth-order valence-corrected chi connectivity index (χ4v) is 8.21. The van der Waals surface area contributed by atoms with E-state index in [1.165, 1.54) is 10.8 Å². The first-order chi connectivity index (χ1) is 25.7. The molecule has 3 unspecified atom stereocenters. The summed E-state index contributed by atoms with van der Waals surface area (Å²) in [6.45, 7) is 0. The molecule has 11 rings (SSSR count). The van der Waals surface area contributed by atoms with Crippen LogP contribution in [-0.4, -0.2) is 15.0 Å². The SMILES string of the molecule is C1=CCC(c2nc(C3=CC4C=CC=CC4C=C3)nc(-c3cccc4oc5cc(-c6cc7oc8ccccc8c7c7ccccc67)ccc5c34)n2)C=C1. The van der Waals surface area contributed by atoms with E-state index in [0.29, 0.717) is 17.6 Å². The van der Waals surface area contributed by atoms with E-state index < -0.39 is 0 Å². The van der Waals surface area contributed by atoms with Gasteiger partial charge in [-0.15, -0.1) is 0 Å². The summed E-state index contributed by atoms with van der Waals surface area (Å²) in [7, 11) is 0. The van der Waals surface area contributed by atoms with Gasteiger partial charge in [0.15, 0.2) is 11.6 Å². The van der Waals surface area contributed by atoms with Gasteiger partial charge in [0, 0.05) is 50.4 Å². The molecule has 52 heavy (non-hydrogen) atoms. The van der Waals surface area contributed by atoms with E-state index >= 15 is 0 Å². The highest BCUT2D eigenvalue weighted by atomic mass is 16.3. The number of nitrogens with zero attached hydrogens (tertiary/aromatic N) is 3. The summed E-state index contributed by atoms with van der Waals surface area (Å²) in [5.74, 6) is 2.83. The highest BCUT2D eigenvalue weighted by molar-refractivity contribution is 6.22. The zero-order chi connectivity index (χ0) is 34.2. The number of hydrogen-bond acceptors (Lipinski definition) is 5. The van der Waals surface area contributed by atoms with Crippen LogP contribution in [0.1, 0.15) is 24.0 Å². The average molecular weight is 670 g/mol. The maximum absolute atomic E-state index is 6.63.